The average molecular weight is 521 g/mol. The zero-order chi connectivity index (χ0) is 27.2. The number of ether oxygens (including phenoxy) is 2. The fourth-order valence-electron chi connectivity index (χ4n) is 5.27. The van der Waals surface area contributed by atoms with Crippen LogP contribution < -0.4 is 9.47 Å². The third-order valence-corrected chi connectivity index (χ3v) is 7.44. The van der Waals surface area contributed by atoms with Crippen LogP contribution in [0.2, 0.25) is 0 Å². The van der Waals surface area contributed by atoms with E-state index >= 15 is 0 Å². The number of carbonyl (C=O) groups is 2. The van der Waals surface area contributed by atoms with Gasteiger partial charge in [-0.15, -0.1) is 0 Å². The number of unbranched alkanes of at least 4 members (excludes halogenated alkanes) is 1. The first kappa shape index (κ1) is 27.7. The van der Waals surface area contributed by atoms with Crippen molar-refractivity contribution in [2.45, 2.75) is 65.5 Å². The molecular formula is C31H40N2O5. The Morgan fingerprint density at radius 2 is 1.82 bits per heavy atom. The molecule has 2 aromatic rings. The van der Waals surface area contributed by atoms with Gasteiger partial charge in [0.05, 0.1) is 18.2 Å². The Balaban J connectivity index is 1.69. The van der Waals surface area contributed by atoms with Gasteiger partial charge in [0, 0.05) is 18.5 Å². The number of aliphatic hydroxyl groups excluding tert-OH is 1. The van der Waals surface area contributed by atoms with E-state index in [1.54, 1.807) is 11.0 Å². The first-order valence-electron chi connectivity index (χ1n) is 13.9. The molecule has 7 nitrogen and oxygen atoms in total. The van der Waals surface area contributed by atoms with Crippen LogP contribution in [-0.4, -0.2) is 65.5 Å². The maximum absolute atomic E-state index is 13.4. The van der Waals surface area contributed by atoms with Gasteiger partial charge in [0.15, 0.2) is 0 Å². The molecule has 1 fully saturated rings. The molecule has 0 radical (unpaired) electrons. The molecular weight excluding hydrogens is 480 g/mol. The molecule has 4 rings (SSSR count). The maximum atomic E-state index is 13.4. The second kappa shape index (κ2) is 12.5. The first-order valence-corrected chi connectivity index (χ1v) is 13.9. The molecule has 0 aromatic heterocycles. The van der Waals surface area contributed by atoms with Crippen molar-refractivity contribution in [3.63, 3.8) is 0 Å². The highest BCUT2D eigenvalue weighted by Gasteiger charge is 2.46. The average Bonchev–Trinajstić information content (AvgIpc) is 3.42. The minimum Gasteiger partial charge on any atom is -0.507 e. The number of aliphatic hydroxyl groups is 1. The van der Waals surface area contributed by atoms with E-state index in [2.05, 4.69) is 25.7 Å². The fourth-order valence-corrected chi connectivity index (χ4v) is 5.27. The number of Topliss-reactive ketones (excluding diaryl/α,β-unsaturated/α-hetero) is 1. The highest BCUT2D eigenvalue weighted by molar-refractivity contribution is 6.46. The number of amides is 1. The Morgan fingerprint density at radius 1 is 1.08 bits per heavy atom. The lowest BCUT2D eigenvalue weighted by atomic mass is 9.94. The van der Waals surface area contributed by atoms with Crippen LogP contribution in [0, 0.1) is 0 Å². The van der Waals surface area contributed by atoms with Crippen LogP contribution in [0.5, 0.6) is 11.5 Å². The van der Waals surface area contributed by atoms with Gasteiger partial charge < -0.3 is 24.4 Å². The van der Waals surface area contributed by atoms with Gasteiger partial charge in [-0.3, -0.25) is 9.59 Å². The number of likely N-dealkylation sites (tertiary alicyclic amines) is 1. The molecule has 7 heteroatoms. The number of nitrogens with zero attached hydrogens (tertiary/aromatic N) is 2. The molecule has 0 spiro atoms. The summed E-state index contributed by atoms with van der Waals surface area (Å²) in [6.07, 6.45) is 3.56. The van der Waals surface area contributed by atoms with E-state index in [-0.39, 0.29) is 17.4 Å². The monoisotopic (exact) mass is 520 g/mol. The van der Waals surface area contributed by atoms with Crippen LogP contribution in [0.1, 0.15) is 69.7 Å². The number of carbonyl (C=O) groups excluding carboxylic acids is 2. The SMILES string of the molecule is CCCCOc1ccc([C@H]2/C(=C(\O)c3ccc4c(c3)C[C@@H](C)O4)C(=O)C(=O)N2CCCN(CC)CC)cc1. The van der Waals surface area contributed by atoms with E-state index in [9.17, 15) is 14.7 Å². The molecule has 0 saturated carbocycles. The molecule has 2 aromatic carbocycles. The molecule has 0 bridgehead atoms. The van der Waals surface area contributed by atoms with E-state index in [0.29, 0.717) is 18.7 Å². The summed E-state index contributed by atoms with van der Waals surface area (Å²) in [5.74, 6) is 0.168. The topological polar surface area (TPSA) is 79.3 Å². The van der Waals surface area contributed by atoms with Crippen LogP contribution in [0.15, 0.2) is 48.0 Å². The normalized spacial score (nSPS) is 20.2. The van der Waals surface area contributed by atoms with Gasteiger partial charge in [0.2, 0.25) is 0 Å². The van der Waals surface area contributed by atoms with Crippen molar-refractivity contribution in [3.8, 4) is 11.5 Å². The lowest BCUT2D eigenvalue weighted by molar-refractivity contribution is -0.140. The third-order valence-electron chi connectivity index (χ3n) is 7.44. The Kier molecular flexibility index (Phi) is 9.10. The van der Waals surface area contributed by atoms with Crippen molar-refractivity contribution in [2.24, 2.45) is 0 Å². The van der Waals surface area contributed by atoms with E-state index < -0.39 is 17.7 Å². The highest BCUT2D eigenvalue weighted by Crippen LogP contribution is 2.41. The third kappa shape index (κ3) is 5.88. The number of hydrogen-bond donors (Lipinski definition) is 1. The molecule has 1 amide bonds. The van der Waals surface area contributed by atoms with E-state index in [0.717, 1.165) is 67.9 Å². The molecule has 1 N–H and O–H groups in total. The number of ketones is 1. The van der Waals surface area contributed by atoms with Gasteiger partial charge in [0.1, 0.15) is 23.4 Å². The van der Waals surface area contributed by atoms with Crippen LogP contribution >= 0.6 is 0 Å². The Hall–Kier alpha value is -3.32. The van der Waals surface area contributed by atoms with Gasteiger partial charge >= 0.3 is 0 Å². The van der Waals surface area contributed by atoms with E-state index in [4.69, 9.17) is 9.47 Å². The summed E-state index contributed by atoms with van der Waals surface area (Å²) in [5.41, 5.74) is 2.41. The summed E-state index contributed by atoms with van der Waals surface area (Å²) in [4.78, 5) is 30.6. The van der Waals surface area contributed by atoms with Crippen molar-refractivity contribution in [2.75, 3.05) is 32.8 Å². The zero-order valence-electron chi connectivity index (χ0n) is 23.0. The van der Waals surface area contributed by atoms with Crippen molar-refractivity contribution >= 4 is 17.4 Å². The van der Waals surface area contributed by atoms with Gasteiger partial charge in [0.25, 0.3) is 11.7 Å². The van der Waals surface area contributed by atoms with Crippen LogP contribution in [0.4, 0.5) is 0 Å². The molecule has 1 saturated heterocycles. The smallest absolute Gasteiger partial charge is 0.295 e. The molecule has 204 valence electrons. The minimum absolute atomic E-state index is 0.0665. The number of fused-ring (bicyclic) bond motifs is 1. The summed E-state index contributed by atoms with van der Waals surface area (Å²) in [5, 5.41) is 11.4. The van der Waals surface area contributed by atoms with E-state index in [1.807, 2.05) is 43.3 Å². The fraction of sp³-hybridized carbons (Fsp3) is 0.484. The van der Waals surface area contributed by atoms with Gasteiger partial charge in [-0.1, -0.05) is 39.3 Å². The van der Waals surface area contributed by atoms with Crippen molar-refractivity contribution in [1.82, 2.24) is 9.80 Å². The van der Waals surface area contributed by atoms with Crippen LogP contribution in [-0.2, 0) is 16.0 Å². The molecule has 0 unspecified atom stereocenters. The van der Waals surface area contributed by atoms with Gasteiger partial charge in [-0.2, -0.15) is 0 Å². The Bertz CT molecular complexity index is 1170. The Morgan fingerprint density at radius 3 is 2.50 bits per heavy atom. The van der Waals surface area contributed by atoms with Gasteiger partial charge in [-0.25, -0.2) is 0 Å². The molecule has 2 atom stereocenters. The molecule has 2 aliphatic heterocycles. The summed E-state index contributed by atoms with van der Waals surface area (Å²) in [6, 6.07) is 12.3. The zero-order valence-corrected chi connectivity index (χ0v) is 23.0. The quantitative estimate of drug-likeness (QED) is 0.176. The molecule has 38 heavy (non-hydrogen) atoms. The largest absolute Gasteiger partial charge is 0.507 e. The predicted molar refractivity (Wildman–Crippen MR) is 148 cm³/mol. The standard InChI is InChI=1S/C31H40N2O5/c1-5-8-18-37-25-13-10-22(11-14-25)28-27(29(34)23-12-15-26-24(20-23)19-21(4)38-26)30(35)31(36)33(28)17-9-16-32(6-2)7-3/h10-15,20-21,28,34H,5-9,16-19H2,1-4H3/b29-27+/t21-,28+/m1/s1. The predicted octanol–water partition coefficient (Wildman–Crippen LogP) is 5.34. The first-order chi connectivity index (χ1) is 18.4. The summed E-state index contributed by atoms with van der Waals surface area (Å²) < 4.78 is 11.6. The van der Waals surface area contributed by atoms with Crippen LogP contribution in [0.25, 0.3) is 5.76 Å². The van der Waals surface area contributed by atoms with Crippen molar-refractivity contribution < 1.29 is 24.2 Å². The molecule has 2 heterocycles. The molecule has 2 aliphatic rings. The Labute approximate surface area is 226 Å². The van der Waals surface area contributed by atoms with Crippen molar-refractivity contribution in [1.29, 1.82) is 0 Å². The van der Waals surface area contributed by atoms with Crippen molar-refractivity contribution in [3.05, 3.63) is 64.7 Å². The number of rotatable bonds is 12. The second-order valence-corrected chi connectivity index (χ2v) is 10.1. The molecule has 0 aliphatic carbocycles. The lowest BCUT2D eigenvalue weighted by Crippen LogP contribution is -2.33. The second-order valence-electron chi connectivity index (χ2n) is 10.1. The summed E-state index contributed by atoms with van der Waals surface area (Å²) in [6.45, 7) is 12.1. The number of hydrogen-bond acceptors (Lipinski definition) is 6. The highest BCUT2D eigenvalue weighted by atomic mass is 16.5. The van der Waals surface area contributed by atoms with E-state index in [1.165, 1.54) is 0 Å². The number of benzene rings is 2. The van der Waals surface area contributed by atoms with Crippen LogP contribution in [0.3, 0.4) is 0 Å². The summed E-state index contributed by atoms with van der Waals surface area (Å²) in [7, 11) is 0. The minimum atomic E-state index is -0.667. The summed E-state index contributed by atoms with van der Waals surface area (Å²) >= 11 is 0. The maximum Gasteiger partial charge on any atom is 0.295 e. The lowest BCUT2D eigenvalue weighted by Gasteiger charge is -2.27. The van der Waals surface area contributed by atoms with Gasteiger partial charge in [-0.05, 0) is 80.9 Å².